The van der Waals surface area contributed by atoms with E-state index in [9.17, 15) is 13.6 Å². The van der Waals surface area contributed by atoms with Crippen molar-refractivity contribution < 1.29 is 23.4 Å². The molecule has 2 N–H and O–H groups in total. The predicted octanol–water partition coefficient (Wildman–Crippen LogP) is 0.298. The maximum Gasteiger partial charge on any atom is 0.377 e. The van der Waals surface area contributed by atoms with Gasteiger partial charge in [-0.2, -0.15) is 8.78 Å². The van der Waals surface area contributed by atoms with Gasteiger partial charge in [0.25, 0.3) is 0 Å². The number of ether oxygens (including phenoxy) is 1. The second-order valence-electron chi connectivity index (χ2n) is 4.59. The number of hydrogen-bond donors (Lipinski definition) is 2. The predicted molar refractivity (Wildman–Crippen MR) is 51.0 cm³/mol. The van der Waals surface area contributed by atoms with E-state index >= 15 is 0 Å². The number of nitrogens with one attached hydrogen (secondary N) is 1. The van der Waals surface area contributed by atoms with E-state index < -0.39 is 24.4 Å². The second kappa shape index (κ2) is 4.25. The first kappa shape index (κ1) is 11.7. The quantitative estimate of drug-likeness (QED) is 0.688. The summed E-state index contributed by atoms with van der Waals surface area (Å²) in [6.07, 6.45) is 0.0424. The third kappa shape index (κ3) is 2.49. The fraction of sp³-hybridized carbons (Fsp3) is 0.900. The molecule has 1 aliphatic heterocycles. The van der Waals surface area contributed by atoms with E-state index in [0.717, 1.165) is 12.8 Å². The van der Waals surface area contributed by atoms with Gasteiger partial charge in [-0.3, -0.25) is 0 Å². The van der Waals surface area contributed by atoms with Crippen LogP contribution in [0.5, 0.6) is 0 Å². The number of alkyl halides is 2. The third-order valence-electron chi connectivity index (χ3n) is 3.07. The van der Waals surface area contributed by atoms with Crippen LogP contribution >= 0.6 is 0 Å². The van der Waals surface area contributed by atoms with Crippen molar-refractivity contribution >= 4 is 5.97 Å². The molecule has 0 amide bonds. The van der Waals surface area contributed by atoms with Crippen LogP contribution in [0, 0.1) is 5.92 Å². The lowest BCUT2D eigenvalue weighted by atomic mass is 9.82. The molecule has 1 atom stereocenters. The number of esters is 1. The molecule has 16 heavy (non-hydrogen) atoms. The fourth-order valence-corrected chi connectivity index (χ4v) is 2.08. The minimum Gasteiger partial charge on any atom is -0.456 e. The van der Waals surface area contributed by atoms with Gasteiger partial charge in [-0.1, -0.05) is 0 Å². The summed E-state index contributed by atoms with van der Waals surface area (Å²) >= 11 is 0. The molecule has 4 nitrogen and oxygen atoms in total. The Balaban J connectivity index is 1.63. The summed E-state index contributed by atoms with van der Waals surface area (Å²) in [6, 6.07) is 0. The van der Waals surface area contributed by atoms with Gasteiger partial charge in [0.1, 0.15) is 6.10 Å². The zero-order chi connectivity index (χ0) is 11.8. The highest BCUT2D eigenvalue weighted by atomic mass is 19.3. The smallest absolute Gasteiger partial charge is 0.377 e. The highest BCUT2D eigenvalue weighted by molar-refractivity contribution is 5.79. The molecule has 0 aromatic carbocycles. The summed E-state index contributed by atoms with van der Waals surface area (Å²) in [5, 5.41) is 12.0. The zero-order valence-corrected chi connectivity index (χ0v) is 8.79. The number of halogens is 2. The van der Waals surface area contributed by atoms with Crippen molar-refractivity contribution in [2.75, 3.05) is 13.1 Å². The summed E-state index contributed by atoms with van der Waals surface area (Å²) in [5.41, 5.74) is 0. The SMILES string of the molecule is O=C1OC(CNCC2CC(O)C2)CC1(F)F. The van der Waals surface area contributed by atoms with Crippen LogP contribution in [0.15, 0.2) is 0 Å². The van der Waals surface area contributed by atoms with Gasteiger partial charge in [-0.05, 0) is 25.3 Å². The van der Waals surface area contributed by atoms with Crippen LogP contribution in [-0.4, -0.2) is 42.3 Å². The van der Waals surface area contributed by atoms with Crippen LogP contribution in [0.1, 0.15) is 19.3 Å². The Morgan fingerprint density at radius 1 is 1.44 bits per heavy atom. The van der Waals surface area contributed by atoms with E-state index in [1.54, 1.807) is 0 Å². The topological polar surface area (TPSA) is 58.6 Å². The lowest BCUT2D eigenvalue weighted by molar-refractivity contribution is -0.159. The first-order chi connectivity index (χ1) is 7.47. The molecule has 0 aromatic heterocycles. The molecule has 0 radical (unpaired) electrons. The molecule has 1 heterocycles. The lowest BCUT2D eigenvalue weighted by Crippen LogP contribution is -2.38. The molecule has 2 aliphatic rings. The van der Waals surface area contributed by atoms with Crippen LogP contribution < -0.4 is 5.32 Å². The molecule has 2 fully saturated rings. The summed E-state index contributed by atoms with van der Waals surface area (Å²) in [5.74, 6) is -4.33. The number of carbonyl (C=O) groups excluding carboxylic acids is 1. The van der Waals surface area contributed by atoms with Crippen LogP contribution in [0.25, 0.3) is 0 Å². The molecule has 92 valence electrons. The Hall–Kier alpha value is -0.750. The van der Waals surface area contributed by atoms with Crippen LogP contribution in [0.2, 0.25) is 0 Å². The fourth-order valence-electron chi connectivity index (χ4n) is 2.08. The van der Waals surface area contributed by atoms with Gasteiger partial charge < -0.3 is 15.2 Å². The molecule has 1 saturated heterocycles. The maximum absolute atomic E-state index is 12.8. The largest absolute Gasteiger partial charge is 0.456 e. The Kier molecular flexibility index (Phi) is 3.12. The van der Waals surface area contributed by atoms with Crippen molar-refractivity contribution in [3.05, 3.63) is 0 Å². The van der Waals surface area contributed by atoms with Gasteiger partial charge in [0, 0.05) is 6.54 Å². The minimum absolute atomic E-state index is 0.208. The van der Waals surface area contributed by atoms with Gasteiger partial charge in [0.2, 0.25) is 0 Å². The monoisotopic (exact) mass is 235 g/mol. The summed E-state index contributed by atoms with van der Waals surface area (Å²) in [4.78, 5) is 10.7. The zero-order valence-electron chi connectivity index (χ0n) is 8.79. The van der Waals surface area contributed by atoms with Crippen LogP contribution in [-0.2, 0) is 9.53 Å². The van der Waals surface area contributed by atoms with Crippen molar-refractivity contribution in [2.24, 2.45) is 5.92 Å². The molecule has 2 rings (SSSR count). The number of hydrogen-bond acceptors (Lipinski definition) is 4. The van der Waals surface area contributed by atoms with Gasteiger partial charge in [-0.15, -0.1) is 0 Å². The highest BCUT2D eigenvalue weighted by Gasteiger charge is 2.50. The maximum atomic E-state index is 12.8. The molecule has 0 aromatic rings. The Labute approximate surface area is 92.0 Å². The molecule has 0 spiro atoms. The number of rotatable bonds is 4. The first-order valence-electron chi connectivity index (χ1n) is 5.45. The first-order valence-corrected chi connectivity index (χ1v) is 5.45. The van der Waals surface area contributed by atoms with Gasteiger partial charge >= 0.3 is 11.9 Å². The third-order valence-corrected chi connectivity index (χ3v) is 3.07. The molecule has 1 saturated carbocycles. The summed E-state index contributed by atoms with van der Waals surface area (Å²) in [6.45, 7) is 0.935. The van der Waals surface area contributed by atoms with Crippen molar-refractivity contribution in [1.29, 1.82) is 0 Å². The van der Waals surface area contributed by atoms with Crippen molar-refractivity contribution in [2.45, 2.75) is 37.4 Å². The Bertz CT molecular complexity index is 279. The van der Waals surface area contributed by atoms with E-state index in [2.05, 4.69) is 10.1 Å². The van der Waals surface area contributed by atoms with E-state index in [0.29, 0.717) is 12.5 Å². The van der Waals surface area contributed by atoms with Crippen molar-refractivity contribution in [1.82, 2.24) is 5.32 Å². The minimum atomic E-state index is -3.32. The van der Waals surface area contributed by atoms with Crippen molar-refractivity contribution in [3.63, 3.8) is 0 Å². The van der Waals surface area contributed by atoms with E-state index in [-0.39, 0.29) is 12.6 Å². The van der Waals surface area contributed by atoms with Gasteiger partial charge in [0.05, 0.1) is 12.5 Å². The van der Waals surface area contributed by atoms with Crippen LogP contribution in [0.4, 0.5) is 8.78 Å². The second-order valence-corrected chi connectivity index (χ2v) is 4.59. The number of carbonyl (C=O) groups is 1. The number of aliphatic hydroxyl groups is 1. The van der Waals surface area contributed by atoms with Gasteiger partial charge in [-0.25, -0.2) is 4.79 Å². The number of aliphatic hydroxyl groups excluding tert-OH is 1. The van der Waals surface area contributed by atoms with E-state index in [1.165, 1.54) is 0 Å². The molecule has 1 unspecified atom stereocenters. The average Bonchev–Trinajstić information content (AvgIpc) is 2.38. The molecular weight excluding hydrogens is 220 g/mol. The van der Waals surface area contributed by atoms with Crippen molar-refractivity contribution in [3.8, 4) is 0 Å². The summed E-state index contributed by atoms with van der Waals surface area (Å²) in [7, 11) is 0. The normalized spacial score (nSPS) is 36.9. The van der Waals surface area contributed by atoms with Crippen LogP contribution in [0.3, 0.4) is 0 Å². The van der Waals surface area contributed by atoms with E-state index in [1.807, 2.05) is 0 Å². The van der Waals surface area contributed by atoms with E-state index in [4.69, 9.17) is 5.11 Å². The Morgan fingerprint density at radius 2 is 2.12 bits per heavy atom. The standard InChI is InChI=1S/C10H15F2NO3/c11-10(12)3-8(16-9(10)15)5-13-4-6-1-7(14)2-6/h6-8,13-14H,1-5H2. The number of cyclic esters (lactones) is 1. The summed E-state index contributed by atoms with van der Waals surface area (Å²) < 4.78 is 30.1. The molecule has 1 aliphatic carbocycles. The average molecular weight is 235 g/mol. The van der Waals surface area contributed by atoms with Gasteiger partial charge in [0.15, 0.2) is 0 Å². The lowest BCUT2D eigenvalue weighted by Gasteiger charge is -2.31. The molecular formula is C10H15F2NO3. The Morgan fingerprint density at radius 3 is 2.62 bits per heavy atom. The molecule has 0 bridgehead atoms. The molecule has 6 heteroatoms. The highest BCUT2D eigenvalue weighted by Crippen LogP contribution is 2.31.